The van der Waals surface area contributed by atoms with Crippen LogP contribution in [-0.2, 0) is 9.59 Å². The quantitative estimate of drug-likeness (QED) is 0.601. The summed E-state index contributed by atoms with van der Waals surface area (Å²) >= 11 is 0. The zero-order valence-corrected chi connectivity index (χ0v) is 16.3. The van der Waals surface area contributed by atoms with Crippen LogP contribution in [0.1, 0.15) is 77.8 Å². The Bertz CT molecular complexity index is 516. The number of hydrogen-bond acceptors (Lipinski definition) is 2. The fraction of sp³-hybridized carbons (Fsp3) is 0.619. The minimum absolute atomic E-state index is 0.00832. The molecule has 0 aliphatic carbocycles. The molecule has 0 aliphatic heterocycles. The number of nitrogens with one attached hydrogen (secondary N) is 1. The van der Waals surface area contributed by atoms with E-state index >= 15 is 0 Å². The second kappa shape index (κ2) is 11.7. The molecule has 140 valence electrons. The lowest BCUT2D eigenvalue weighted by Gasteiger charge is -2.29. The Morgan fingerprint density at radius 2 is 1.72 bits per heavy atom. The predicted octanol–water partition coefficient (Wildman–Crippen LogP) is 4.46. The summed E-state index contributed by atoms with van der Waals surface area (Å²) in [5.74, 6) is 0.165. The Hall–Kier alpha value is -1.84. The van der Waals surface area contributed by atoms with E-state index in [-0.39, 0.29) is 23.9 Å². The molecule has 0 aromatic heterocycles. The molecule has 0 saturated heterocycles. The SMILES string of the molecule is CCCCCC(=O)N(CCC(=O)NC(C)c1ccccc1)C(C)CC. The molecule has 25 heavy (non-hydrogen) atoms. The van der Waals surface area contributed by atoms with E-state index in [9.17, 15) is 9.59 Å². The average molecular weight is 347 g/mol. The van der Waals surface area contributed by atoms with Crippen LogP contribution in [0.25, 0.3) is 0 Å². The first-order valence-corrected chi connectivity index (χ1v) is 9.63. The number of carbonyl (C=O) groups is 2. The number of rotatable bonds is 11. The minimum atomic E-state index is -0.0222. The third-order valence-electron chi connectivity index (χ3n) is 4.69. The van der Waals surface area contributed by atoms with Gasteiger partial charge in [-0.3, -0.25) is 9.59 Å². The van der Waals surface area contributed by atoms with Crippen molar-refractivity contribution in [2.45, 2.75) is 78.3 Å². The van der Waals surface area contributed by atoms with Gasteiger partial charge in [0.15, 0.2) is 0 Å². The summed E-state index contributed by atoms with van der Waals surface area (Å²) in [6, 6.07) is 10.1. The number of nitrogens with zero attached hydrogens (tertiary/aromatic N) is 1. The Labute approximate surface area is 153 Å². The topological polar surface area (TPSA) is 49.4 Å². The van der Waals surface area contributed by atoms with Gasteiger partial charge in [0.1, 0.15) is 0 Å². The van der Waals surface area contributed by atoms with E-state index in [2.05, 4.69) is 26.1 Å². The van der Waals surface area contributed by atoms with Gasteiger partial charge in [-0.05, 0) is 32.3 Å². The van der Waals surface area contributed by atoms with Crippen molar-refractivity contribution < 1.29 is 9.59 Å². The lowest BCUT2D eigenvalue weighted by molar-refractivity contribution is -0.134. The second-order valence-corrected chi connectivity index (χ2v) is 6.75. The first kappa shape index (κ1) is 21.2. The molecule has 0 spiro atoms. The lowest BCUT2D eigenvalue weighted by Crippen LogP contribution is -2.41. The largest absolute Gasteiger partial charge is 0.350 e. The van der Waals surface area contributed by atoms with Crippen LogP contribution < -0.4 is 5.32 Å². The Kier molecular flexibility index (Phi) is 9.90. The maximum atomic E-state index is 12.5. The molecule has 0 fully saturated rings. The molecule has 1 N–H and O–H groups in total. The highest BCUT2D eigenvalue weighted by Gasteiger charge is 2.20. The van der Waals surface area contributed by atoms with Gasteiger partial charge >= 0.3 is 0 Å². The van der Waals surface area contributed by atoms with Gasteiger partial charge in [0.2, 0.25) is 11.8 Å². The number of amides is 2. The third-order valence-corrected chi connectivity index (χ3v) is 4.69. The van der Waals surface area contributed by atoms with Crippen LogP contribution in [0.5, 0.6) is 0 Å². The molecule has 0 aliphatic rings. The van der Waals surface area contributed by atoms with Gasteiger partial charge in [-0.25, -0.2) is 0 Å². The Balaban J connectivity index is 2.51. The van der Waals surface area contributed by atoms with Crippen LogP contribution in [-0.4, -0.2) is 29.3 Å². The van der Waals surface area contributed by atoms with Gasteiger partial charge in [-0.15, -0.1) is 0 Å². The van der Waals surface area contributed by atoms with E-state index in [1.165, 1.54) is 0 Å². The van der Waals surface area contributed by atoms with E-state index in [0.29, 0.717) is 19.4 Å². The minimum Gasteiger partial charge on any atom is -0.350 e. The van der Waals surface area contributed by atoms with Gasteiger partial charge in [-0.1, -0.05) is 57.0 Å². The van der Waals surface area contributed by atoms with Crippen molar-refractivity contribution in [1.82, 2.24) is 10.2 Å². The standard InChI is InChI=1S/C21H34N2O2/c1-5-7-9-14-21(25)23(17(3)6-2)16-15-20(24)22-18(4)19-12-10-8-11-13-19/h8,10-13,17-18H,5-7,9,14-16H2,1-4H3,(H,22,24). The van der Waals surface area contributed by atoms with Crippen molar-refractivity contribution in [3.05, 3.63) is 35.9 Å². The molecule has 4 nitrogen and oxygen atoms in total. The molecule has 0 saturated carbocycles. The van der Waals surface area contributed by atoms with Gasteiger partial charge in [0, 0.05) is 25.4 Å². The molecule has 2 unspecified atom stereocenters. The summed E-state index contributed by atoms with van der Waals surface area (Å²) in [6.07, 6.45) is 4.95. The highest BCUT2D eigenvalue weighted by Crippen LogP contribution is 2.13. The smallest absolute Gasteiger partial charge is 0.222 e. The fourth-order valence-corrected chi connectivity index (χ4v) is 2.84. The molecule has 1 aromatic carbocycles. The summed E-state index contributed by atoms with van der Waals surface area (Å²) in [4.78, 5) is 26.6. The maximum absolute atomic E-state index is 12.5. The van der Waals surface area contributed by atoms with Crippen LogP contribution >= 0.6 is 0 Å². The molecule has 2 amide bonds. The number of carbonyl (C=O) groups excluding carboxylic acids is 2. The molecule has 0 radical (unpaired) electrons. The second-order valence-electron chi connectivity index (χ2n) is 6.75. The summed E-state index contributed by atoms with van der Waals surface area (Å²) in [5, 5.41) is 3.02. The van der Waals surface area contributed by atoms with Crippen molar-refractivity contribution >= 4 is 11.8 Å². The zero-order chi connectivity index (χ0) is 18.7. The summed E-state index contributed by atoms with van der Waals surface area (Å²) in [6.45, 7) is 8.74. The van der Waals surface area contributed by atoms with Crippen LogP contribution in [0.3, 0.4) is 0 Å². The van der Waals surface area contributed by atoms with Crippen molar-refractivity contribution in [1.29, 1.82) is 0 Å². The maximum Gasteiger partial charge on any atom is 0.222 e. The van der Waals surface area contributed by atoms with Gasteiger partial charge in [0.25, 0.3) is 0 Å². The predicted molar refractivity (Wildman–Crippen MR) is 103 cm³/mol. The van der Waals surface area contributed by atoms with Gasteiger partial charge < -0.3 is 10.2 Å². The highest BCUT2D eigenvalue weighted by atomic mass is 16.2. The fourth-order valence-electron chi connectivity index (χ4n) is 2.84. The van der Waals surface area contributed by atoms with Crippen molar-refractivity contribution in [2.75, 3.05) is 6.54 Å². The molecule has 2 atom stereocenters. The third kappa shape index (κ3) is 7.72. The molecule has 4 heteroatoms. The Morgan fingerprint density at radius 3 is 2.32 bits per heavy atom. The Morgan fingerprint density at radius 1 is 1.04 bits per heavy atom. The molecular formula is C21H34N2O2. The van der Waals surface area contributed by atoms with E-state index in [1.54, 1.807) is 0 Å². The summed E-state index contributed by atoms with van der Waals surface area (Å²) in [7, 11) is 0. The van der Waals surface area contributed by atoms with E-state index in [0.717, 1.165) is 31.2 Å². The van der Waals surface area contributed by atoms with Crippen LogP contribution in [0, 0.1) is 0 Å². The monoisotopic (exact) mass is 346 g/mol. The van der Waals surface area contributed by atoms with Crippen LogP contribution in [0.4, 0.5) is 0 Å². The summed E-state index contributed by atoms with van der Waals surface area (Å²) < 4.78 is 0. The van der Waals surface area contributed by atoms with E-state index < -0.39 is 0 Å². The normalized spacial score (nSPS) is 13.1. The molecule has 1 rings (SSSR count). The molecule has 1 aromatic rings. The first-order chi connectivity index (χ1) is 12.0. The van der Waals surface area contributed by atoms with Crippen LogP contribution in [0.15, 0.2) is 30.3 Å². The van der Waals surface area contributed by atoms with Crippen LogP contribution in [0.2, 0.25) is 0 Å². The number of hydrogen-bond donors (Lipinski definition) is 1. The van der Waals surface area contributed by atoms with Crippen molar-refractivity contribution in [3.8, 4) is 0 Å². The zero-order valence-electron chi connectivity index (χ0n) is 16.3. The highest BCUT2D eigenvalue weighted by molar-refractivity contribution is 5.79. The molecule has 0 heterocycles. The van der Waals surface area contributed by atoms with Gasteiger partial charge in [-0.2, -0.15) is 0 Å². The summed E-state index contributed by atoms with van der Waals surface area (Å²) in [5.41, 5.74) is 1.09. The first-order valence-electron chi connectivity index (χ1n) is 9.63. The van der Waals surface area contributed by atoms with Crippen molar-refractivity contribution in [3.63, 3.8) is 0 Å². The average Bonchev–Trinajstić information content (AvgIpc) is 2.62. The number of unbranched alkanes of at least 4 members (excludes halogenated alkanes) is 2. The van der Waals surface area contributed by atoms with Crippen molar-refractivity contribution in [2.24, 2.45) is 0 Å². The van der Waals surface area contributed by atoms with E-state index in [1.807, 2.05) is 42.2 Å². The van der Waals surface area contributed by atoms with E-state index in [4.69, 9.17) is 0 Å². The molecule has 0 bridgehead atoms. The van der Waals surface area contributed by atoms with Gasteiger partial charge in [0.05, 0.1) is 6.04 Å². The molecular weight excluding hydrogens is 312 g/mol. The number of benzene rings is 1. The lowest BCUT2D eigenvalue weighted by atomic mass is 10.1.